The lowest BCUT2D eigenvalue weighted by molar-refractivity contribution is -0.132. The Bertz CT molecular complexity index is 513. The molecule has 102 valence electrons. The minimum absolute atomic E-state index is 0.0996. The van der Waals surface area contributed by atoms with Gasteiger partial charge in [-0.2, -0.15) is 0 Å². The van der Waals surface area contributed by atoms with Crippen molar-refractivity contribution in [2.24, 2.45) is 0 Å². The number of nitrogens with zero attached hydrogens (tertiary/aromatic N) is 1. The molecule has 0 radical (unpaired) electrons. The fraction of sp³-hybridized carbons (Fsp3) is 0.429. The van der Waals surface area contributed by atoms with Gasteiger partial charge in [0, 0.05) is 31.7 Å². The lowest BCUT2D eigenvalue weighted by Gasteiger charge is -2.31. The van der Waals surface area contributed by atoms with Crippen molar-refractivity contribution in [3.8, 4) is 0 Å². The summed E-state index contributed by atoms with van der Waals surface area (Å²) in [7, 11) is 1.77. The summed E-state index contributed by atoms with van der Waals surface area (Å²) < 4.78 is 0. The third kappa shape index (κ3) is 3.05. The number of carbonyl (C=O) groups excluding carboxylic acids is 1. The van der Waals surface area contributed by atoms with Crippen LogP contribution in [0, 0.1) is 6.92 Å². The van der Waals surface area contributed by atoms with Crippen LogP contribution in [0.5, 0.6) is 0 Å². The molecule has 0 aromatic heterocycles. The molecule has 1 aromatic rings. The summed E-state index contributed by atoms with van der Waals surface area (Å²) in [5, 5.41) is 12.4. The molecule has 1 aromatic carbocycles. The molecule has 0 aliphatic carbocycles. The van der Waals surface area contributed by atoms with Crippen LogP contribution in [0.4, 0.5) is 5.69 Å². The Morgan fingerprint density at radius 2 is 2.21 bits per heavy atom. The lowest BCUT2D eigenvalue weighted by atomic mass is 10.0. The number of amides is 1. The second kappa shape index (κ2) is 5.30. The quantitative estimate of drug-likeness (QED) is 0.870. The van der Waals surface area contributed by atoms with E-state index < -0.39 is 5.97 Å². The number of carbonyl (C=O) groups is 2. The van der Waals surface area contributed by atoms with Gasteiger partial charge in [0.15, 0.2) is 0 Å². The lowest BCUT2D eigenvalue weighted by Crippen LogP contribution is -2.43. The first-order valence-corrected chi connectivity index (χ1v) is 6.32. The molecule has 1 amide bonds. The molecule has 1 heterocycles. The van der Waals surface area contributed by atoms with Crippen LogP contribution in [0.25, 0.3) is 0 Å². The van der Waals surface area contributed by atoms with E-state index in [-0.39, 0.29) is 17.5 Å². The van der Waals surface area contributed by atoms with E-state index in [4.69, 9.17) is 0 Å². The average Bonchev–Trinajstić information content (AvgIpc) is 2.33. The first-order valence-electron chi connectivity index (χ1n) is 6.32. The largest absolute Gasteiger partial charge is 0.478 e. The summed E-state index contributed by atoms with van der Waals surface area (Å²) in [6.07, 6.45) is 1.23. The number of likely N-dealkylation sites (N-methyl/N-ethyl adjacent to an activating group) is 1. The predicted octanol–water partition coefficient (Wildman–Crippen LogP) is 1.73. The highest BCUT2D eigenvalue weighted by atomic mass is 16.4. The Hall–Kier alpha value is -2.04. The highest BCUT2D eigenvalue weighted by Gasteiger charge is 2.23. The number of benzene rings is 1. The van der Waals surface area contributed by atoms with Gasteiger partial charge in [0.25, 0.3) is 0 Å². The van der Waals surface area contributed by atoms with E-state index in [2.05, 4.69) is 5.32 Å². The normalized spacial score (nSPS) is 19.4. The van der Waals surface area contributed by atoms with Crippen molar-refractivity contribution in [1.29, 1.82) is 0 Å². The Morgan fingerprint density at radius 3 is 2.84 bits per heavy atom. The molecular weight excluding hydrogens is 244 g/mol. The van der Waals surface area contributed by atoms with E-state index in [0.29, 0.717) is 18.7 Å². The minimum Gasteiger partial charge on any atom is -0.478 e. The zero-order valence-electron chi connectivity index (χ0n) is 11.1. The van der Waals surface area contributed by atoms with Gasteiger partial charge in [-0.25, -0.2) is 4.79 Å². The van der Waals surface area contributed by atoms with Crippen LogP contribution in [0.2, 0.25) is 0 Å². The number of aromatic carboxylic acids is 1. The van der Waals surface area contributed by atoms with Crippen LogP contribution in [-0.2, 0) is 4.79 Å². The highest BCUT2D eigenvalue weighted by molar-refractivity contribution is 5.94. The Labute approximate surface area is 112 Å². The number of carboxylic acids is 1. The van der Waals surface area contributed by atoms with Gasteiger partial charge in [0.05, 0.1) is 5.56 Å². The molecule has 5 heteroatoms. The number of anilines is 1. The molecule has 2 N–H and O–H groups in total. The summed E-state index contributed by atoms with van der Waals surface area (Å²) in [4.78, 5) is 24.3. The molecule has 0 saturated carbocycles. The Balaban J connectivity index is 2.16. The summed E-state index contributed by atoms with van der Waals surface area (Å²) in [5.74, 6) is -0.802. The third-order valence-electron chi connectivity index (χ3n) is 3.39. The molecule has 1 aliphatic rings. The molecule has 2 rings (SSSR count). The SMILES string of the molecule is Cc1ccc(C(=O)O)c(NC2CCC(=O)N(C)C2)c1. The van der Waals surface area contributed by atoms with Gasteiger partial charge in [0.1, 0.15) is 0 Å². The standard InChI is InChI=1S/C14H18N2O3/c1-9-3-5-11(14(18)19)12(7-9)15-10-4-6-13(17)16(2)8-10/h3,5,7,10,15H,4,6,8H2,1-2H3,(H,18,19). The van der Waals surface area contributed by atoms with Gasteiger partial charge in [-0.05, 0) is 31.0 Å². The number of hydrogen-bond acceptors (Lipinski definition) is 3. The van der Waals surface area contributed by atoms with Crippen LogP contribution in [0.15, 0.2) is 18.2 Å². The molecule has 19 heavy (non-hydrogen) atoms. The van der Waals surface area contributed by atoms with Gasteiger partial charge in [-0.15, -0.1) is 0 Å². The molecular formula is C14H18N2O3. The van der Waals surface area contributed by atoms with E-state index in [1.54, 1.807) is 24.1 Å². The summed E-state index contributed by atoms with van der Waals surface area (Å²) in [6, 6.07) is 5.32. The van der Waals surface area contributed by atoms with Crippen LogP contribution < -0.4 is 5.32 Å². The number of nitrogens with one attached hydrogen (secondary N) is 1. The third-order valence-corrected chi connectivity index (χ3v) is 3.39. The van der Waals surface area contributed by atoms with Crippen molar-refractivity contribution in [2.45, 2.75) is 25.8 Å². The smallest absolute Gasteiger partial charge is 0.337 e. The Morgan fingerprint density at radius 1 is 1.47 bits per heavy atom. The second-order valence-corrected chi connectivity index (χ2v) is 5.01. The summed E-state index contributed by atoms with van der Waals surface area (Å²) in [5.41, 5.74) is 1.90. The Kier molecular flexibility index (Phi) is 3.74. The van der Waals surface area contributed by atoms with Crippen molar-refractivity contribution in [1.82, 2.24) is 4.90 Å². The summed E-state index contributed by atoms with van der Waals surface area (Å²) >= 11 is 0. The van der Waals surface area contributed by atoms with E-state index in [0.717, 1.165) is 12.0 Å². The van der Waals surface area contributed by atoms with Crippen molar-refractivity contribution in [3.05, 3.63) is 29.3 Å². The van der Waals surface area contributed by atoms with E-state index in [1.807, 2.05) is 13.0 Å². The van der Waals surface area contributed by atoms with Crippen LogP contribution in [0.3, 0.4) is 0 Å². The number of aryl methyl sites for hydroxylation is 1. The zero-order chi connectivity index (χ0) is 14.0. The van der Waals surface area contributed by atoms with Crippen molar-refractivity contribution >= 4 is 17.6 Å². The predicted molar refractivity (Wildman–Crippen MR) is 72.4 cm³/mol. The van der Waals surface area contributed by atoms with Crippen molar-refractivity contribution in [2.75, 3.05) is 18.9 Å². The first kappa shape index (κ1) is 13.4. The maximum Gasteiger partial charge on any atom is 0.337 e. The van der Waals surface area contributed by atoms with E-state index in [9.17, 15) is 14.7 Å². The minimum atomic E-state index is -0.942. The van der Waals surface area contributed by atoms with Crippen molar-refractivity contribution < 1.29 is 14.7 Å². The molecule has 1 atom stereocenters. The second-order valence-electron chi connectivity index (χ2n) is 5.01. The molecule has 0 bridgehead atoms. The van der Waals surface area contributed by atoms with Gasteiger partial charge in [0.2, 0.25) is 5.91 Å². The number of carboxylic acid groups (broad SMARTS) is 1. The average molecular weight is 262 g/mol. The molecule has 1 aliphatic heterocycles. The fourth-order valence-corrected chi connectivity index (χ4v) is 2.31. The highest BCUT2D eigenvalue weighted by Crippen LogP contribution is 2.21. The zero-order valence-corrected chi connectivity index (χ0v) is 11.1. The maximum absolute atomic E-state index is 11.4. The van der Waals surface area contributed by atoms with Crippen LogP contribution in [-0.4, -0.2) is 41.5 Å². The van der Waals surface area contributed by atoms with Gasteiger partial charge < -0.3 is 15.3 Å². The van der Waals surface area contributed by atoms with Crippen LogP contribution >= 0.6 is 0 Å². The van der Waals surface area contributed by atoms with E-state index >= 15 is 0 Å². The molecule has 1 fully saturated rings. The topological polar surface area (TPSA) is 69.6 Å². The molecule has 1 unspecified atom stereocenters. The fourth-order valence-electron chi connectivity index (χ4n) is 2.31. The van der Waals surface area contributed by atoms with E-state index in [1.165, 1.54) is 0 Å². The maximum atomic E-state index is 11.4. The van der Waals surface area contributed by atoms with Gasteiger partial charge in [-0.3, -0.25) is 4.79 Å². The summed E-state index contributed by atoms with van der Waals surface area (Å²) in [6.45, 7) is 2.53. The molecule has 5 nitrogen and oxygen atoms in total. The van der Waals surface area contributed by atoms with Crippen molar-refractivity contribution in [3.63, 3.8) is 0 Å². The number of rotatable bonds is 3. The number of piperidine rings is 1. The number of likely N-dealkylation sites (tertiary alicyclic amines) is 1. The van der Waals surface area contributed by atoms with Gasteiger partial charge in [-0.1, -0.05) is 6.07 Å². The monoisotopic (exact) mass is 262 g/mol. The number of hydrogen-bond donors (Lipinski definition) is 2. The van der Waals surface area contributed by atoms with Crippen LogP contribution in [0.1, 0.15) is 28.8 Å². The molecule has 0 spiro atoms. The van der Waals surface area contributed by atoms with Gasteiger partial charge >= 0.3 is 5.97 Å². The molecule has 1 saturated heterocycles. The first-order chi connectivity index (χ1) is 8.97.